The van der Waals surface area contributed by atoms with Crippen LogP contribution in [0.1, 0.15) is 11.1 Å². The van der Waals surface area contributed by atoms with Gasteiger partial charge in [0, 0.05) is 0 Å². The topological polar surface area (TPSA) is 0 Å². The van der Waals surface area contributed by atoms with Crippen molar-refractivity contribution >= 4 is 29.3 Å². The van der Waals surface area contributed by atoms with Gasteiger partial charge in [0.25, 0.3) is 0 Å². The van der Waals surface area contributed by atoms with Gasteiger partial charge in [-0.2, -0.15) is 0 Å². The Morgan fingerprint density at radius 3 is 2.92 bits per heavy atom. The van der Waals surface area contributed by atoms with Crippen LogP contribution in [0.2, 0.25) is 0 Å². The molecule has 0 bridgehead atoms. The van der Waals surface area contributed by atoms with Gasteiger partial charge in [-0.3, -0.25) is 0 Å². The second kappa shape index (κ2) is 2.27. The second-order valence-electron chi connectivity index (χ2n) is 3.01. The molecule has 2 aliphatic rings. The van der Waals surface area contributed by atoms with Crippen LogP contribution >= 0.6 is 11.8 Å². The summed E-state index contributed by atoms with van der Waals surface area (Å²) in [5, 5.41) is 4.90. The van der Waals surface area contributed by atoms with Gasteiger partial charge in [-0.15, -0.1) is 11.8 Å². The van der Waals surface area contributed by atoms with Gasteiger partial charge >= 0.3 is 0 Å². The molecule has 0 unspecified atom stereocenters. The molecule has 0 atom stereocenters. The fourth-order valence-corrected chi connectivity index (χ4v) is 2.37. The molecule has 0 aromatic heterocycles. The molecule has 1 aliphatic carbocycles. The van der Waals surface area contributed by atoms with Crippen molar-refractivity contribution in [2.45, 2.75) is 0 Å². The number of thioether (sulfide) groups is 1. The third kappa shape index (κ3) is 0.802. The number of allylic oxidation sites excluding steroid dienone is 1. The van der Waals surface area contributed by atoms with Gasteiger partial charge in [-0.1, -0.05) is 18.2 Å². The van der Waals surface area contributed by atoms with Gasteiger partial charge in [0.2, 0.25) is 0 Å². The van der Waals surface area contributed by atoms with E-state index in [4.69, 9.17) is 0 Å². The molecule has 1 aliphatic heterocycles. The molecule has 1 heterocycles. The molecule has 0 nitrogen and oxygen atoms in total. The number of hydrogen-bond donors (Lipinski definition) is 0. The average molecular weight is 171 g/mol. The zero-order valence-electron chi connectivity index (χ0n) is 6.45. The van der Waals surface area contributed by atoms with Crippen molar-refractivity contribution in [1.29, 1.82) is 0 Å². The van der Waals surface area contributed by atoms with Crippen LogP contribution in [0.25, 0.3) is 17.6 Å². The molecule has 0 N–H and O–H groups in total. The first-order chi connectivity index (χ1) is 5.93. The molecule has 1 aromatic rings. The highest BCUT2D eigenvalue weighted by Crippen LogP contribution is 2.18. The number of hydrogen-bond acceptors (Lipinski definition) is 1. The lowest BCUT2D eigenvalue weighted by Gasteiger charge is -1.95. The van der Waals surface area contributed by atoms with E-state index >= 15 is 0 Å². The third-order valence-corrected chi connectivity index (χ3v) is 3.01. The number of rotatable bonds is 0. The smallest absolute Gasteiger partial charge is 0.0508 e. The summed E-state index contributed by atoms with van der Waals surface area (Å²) in [4.78, 5) is 0. The van der Waals surface area contributed by atoms with Crippen molar-refractivity contribution in [2.75, 3.05) is 0 Å². The lowest BCUT2D eigenvalue weighted by molar-refractivity contribution is 1.47. The zero-order valence-corrected chi connectivity index (χ0v) is 7.27. The molecule has 3 rings (SSSR count). The van der Waals surface area contributed by atoms with Crippen LogP contribution in [0, 0.1) is 5.75 Å². The maximum Gasteiger partial charge on any atom is 0.0508 e. The standard InChI is InChI=1S/C11H7S/c1-2-8-4-10-6-12-7-11(10)5-9(8)3-1/h1-7H. The Hall–Kier alpha value is -0.950. The van der Waals surface area contributed by atoms with Gasteiger partial charge in [0.05, 0.1) is 5.75 Å². The highest BCUT2D eigenvalue weighted by atomic mass is 32.2. The van der Waals surface area contributed by atoms with Crippen LogP contribution in [0.3, 0.4) is 0 Å². The minimum Gasteiger partial charge on any atom is -0.124 e. The van der Waals surface area contributed by atoms with E-state index in [1.165, 1.54) is 21.6 Å². The van der Waals surface area contributed by atoms with Crippen molar-refractivity contribution in [3.05, 3.63) is 45.5 Å². The second-order valence-corrected chi connectivity index (χ2v) is 3.75. The Morgan fingerprint density at radius 1 is 1.00 bits per heavy atom. The average Bonchev–Trinajstić information content (AvgIpc) is 2.64. The normalized spacial score (nSPS) is 16.7. The van der Waals surface area contributed by atoms with Crippen molar-refractivity contribution in [1.82, 2.24) is 0 Å². The molecule has 1 radical (unpaired) electrons. The highest BCUT2D eigenvalue weighted by Gasteiger charge is 2.06. The minimum absolute atomic E-state index is 1.35. The summed E-state index contributed by atoms with van der Waals surface area (Å²) in [6.45, 7) is 0. The Kier molecular flexibility index (Phi) is 1.24. The van der Waals surface area contributed by atoms with E-state index in [1.807, 2.05) is 0 Å². The van der Waals surface area contributed by atoms with E-state index in [1.54, 1.807) is 11.8 Å². The number of fused-ring (bicyclic) bond motifs is 2. The summed E-state index contributed by atoms with van der Waals surface area (Å²) in [5.74, 6) is 2.20. The Labute approximate surface area is 75.3 Å². The summed E-state index contributed by atoms with van der Waals surface area (Å²) >= 11 is 1.77. The molecule has 12 heavy (non-hydrogen) atoms. The molecule has 0 saturated carbocycles. The van der Waals surface area contributed by atoms with E-state index in [2.05, 4.69) is 41.5 Å². The van der Waals surface area contributed by atoms with E-state index in [9.17, 15) is 0 Å². The van der Waals surface area contributed by atoms with E-state index in [-0.39, 0.29) is 0 Å². The predicted molar refractivity (Wildman–Crippen MR) is 54.6 cm³/mol. The molecule has 0 saturated heterocycles. The monoisotopic (exact) mass is 171 g/mol. The lowest BCUT2D eigenvalue weighted by Crippen LogP contribution is -2.12. The van der Waals surface area contributed by atoms with E-state index in [0.29, 0.717) is 0 Å². The van der Waals surface area contributed by atoms with Gasteiger partial charge in [-0.05, 0) is 39.1 Å². The fraction of sp³-hybridized carbons (Fsp3) is 0. The van der Waals surface area contributed by atoms with Gasteiger partial charge in [0.15, 0.2) is 0 Å². The number of benzene rings is 1. The Morgan fingerprint density at radius 2 is 1.92 bits per heavy atom. The largest absolute Gasteiger partial charge is 0.124 e. The van der Waals surface area contributed by atoms with Crippen LogP contribution in [-0.4, -0.2) is 0 Å². The summed E-state index contributed by atoms with van der Waals surface area (Å²) in [5.41, 5.74) is 2.71. The molecule has 1 heteroatoms. The first kappa shape index (κ1) is 6.55. The highest BCUT2D eigenvalue weighted by molar-refractivity contribution is 8.08. The van der Waals surface area contributed by atoms with Crippen LogP contribution in [0.5, 0.6) is 0 Å². The summed E-state index contributed by atoms with van der Waals surface area (Å²) in [7, 11) is 0. The Bertz CT molecular complexity index is 480. The van der Waals surface area contributed by atoms with E-state index in [0.717, 1.165) is 0 Å². The van der Waals surface area contributed by atoms with Crippen molar-refractivity contribution in [2.24, 2.45) is 0 Å². The van der Waals surface area contributed by atoms with Crippen LogP contribution in [0.4, 0.5) is 0 Å². The van der Waals surface area contributed by atoms with Crippen molar-refractivity contribution in [3.63, 3.8) is 0 Å². The molecule has 0 fully saturated rings. The van der Waals surface area contributed by atoms with Crippen LogP contribution in [0.15, 0.2) is 18.2 Å². The predicted octanol–water partition coefficient (Wildman–Crippen LogP) is 1.49. The fourth-order valence-electron chi connectivity index (χ4n) is 1.60. The molecule has 0 spiro atoms. The van der Waals surface area contributed by atoms with Crippen molar-refractivity contribution < 1.29 is 0 Å². The summed E-state index contributed by atoms with van der Waals surface area (Å²) < 4.78 is 0. The summed E-state index contributed by atoms with van der Waals surface area (Å²) in [6, 6.07) is 4.50. The molecule has 57 valence electrons. The SMILES string of the molecule is [CH]1SC=c2cc3c(cc21)=CC=C3. The van der Waals surface area contributed by atoms with Crippen LogP contribution < -0.4 is 10.4 Å². The quantitative estimate of drug-likeness (QED) is 0.570. The molecular formula is C11H7S. The lowest BCUT2D eigenvalue weighted by atomic mass is 10.1. The molecule has 0 amide bonds. The van der Waals surface area contributed by atoms with Crippen molar-refractivity contribution in [3.8, 4) is 0 Å². The minimum atomic E-state index is 1.35. The molecular weight excluding hydrogens is 164 g/mol. The first-order valence-electron chi connectivity index (χ1n) is 3.95. The Balaban J connectivity index is 2.45. The zero-order chi connectivity index (χ0) is 7.97. The third-order valence-electron chi connectivity index (χ3n) is 2.23. The van der Waals surface area contributed by atoms with E-state index < -0.39 is 0 Å². The summed E-state index contributed by atoms with van der Waals surface area (Å²) in [6.07, 6.45) is 6.42. The molecule has 1 aromatic carbocycles. The maximum absolute atomic E-state index is 2.25. The van der Waals surface area contributed by atoms with Gasteiger partial charge in [-0.25, -0.2) is 0 Å². The first-order valence-corrected chi connectivity index (χ1v) is 4.89. The van der Waals surface area contributed by atoms with Crippen LogP contribution in [-0.2, 0) is 0 Å². The van der Waals surface area contributed by atoms with Gasteiger partial charge < -0.3 is 0 Å². The maximum atomic E-state index is 2.25. The van der Waals surface area contributed by atoms with Gasteiger partial charge in [0.1, 0.15) is 0 Å².